The first-order valence-electron chi connectivity index (χ1n) is 4.63. The molecule has 14 heavy (non-hydrogen) atoms. The highest BCUT2D eigenvalue weighted by molar-refractivity contribution is 5.79. The number of nitrogens with one attached hydrogen (secondary N) is 2. The number of likely N-dealkylation sites (N-methyl/N-ethyl adjacent to an activating group) is 1. The maximum absolute atomic E-state index is 11.0. The number of rotatable bonds is 6. The van der Waals surface area contributed by atoms with Crippen molar-refractivity contribution in [1.82, 2.24) is 10.6 Å². The molecule has 0 aromatic heterocycles. The summed E-state index contributed by atoms with van der Waals surface area (Å²) in [5, 5.41) is 14.1. The summed E-state index contributed by atoms with van der Waals surface area (Å²) in [7, 11) is 1.66. The third-order valence-corrected chi connectivity index (χ3v) is 1.98. The zero-order valence-electron chi connectivity index (χ0n) is 8.83. The van der Waals surface area contributed by atoms with Gasteiger partial charge in [-0.25, -0.2) is 0 Å². The monoisotopic (exact) mass is 202 g/mol. The number of carboxylic acids is 1. The second-order valence-electron chi connectivity index (χ2n) is 3.52. The van der Waals surface area contributed by atoms with Gasteiger partial charge in [-0.1, -0.05) is 13.8 Å². The summed E-state index contributed by atoms with van der Waals surface area (Å²) in [4.78, 5) is 21.8. The van der Waals surface area contributed by atoms with Crippen LogP contribution in [0, 0.1) is 11.8 Å². The normalized spacial score (nSPS) is 12.6. The molecular weight excluding hydrogens is 184 g/mol. The van der Waals surface area contributed by atoms with Crippen molar-refractivity contribution < 1.29 is 14.7 Å². The van der Waals surface area contributed by atoms with Crippen LogP contribution in [0.3, 0.4) is 0 Å². The minimum Gasteiger partial charge on any atom is -0.481 e. The van der Waals surface area contributed by atoms with Crippen LogP contribution < -0.4 is 10.6 Å². The Morgan fingerprint density at radius 3 is 2.29 bits per heavy atom. The van der Waals surface area contributed by atoms with E-state index in [1.54, 1.807) is 7.05 Å². The fourth-order valence-electron chi connectivity index (χ4n) is 1.06. The molecule has 0 aliphatic carbocycles. The van der Waals surface area contributed by atoms with E-state index in [-0.39, 0.29) is 24.9 Å². The minimum absolute atomic E-state index is 0.0161. The highest BCUT2D eigenvalue weighted by atomic mass is 16.4. The molecule has 0 heterocycles. The molecule has 0 saturated carbocycles. The van der Waals surface area contributed by atoms with E-state index in [1.165, 1.54) is 0 Å². The van der Waals surface area contributed by atoms with Gasteiger partial charge in [0.1, 0.15) is 0 Å². The number of carbonyl (C=O) groups excluding carboxylic acids is 1. The quantitative estimate of drug-likeness (QED) is 0.551. The molecule has 1 amide bonds. The number of hydrogen-bond donors (Lipinski definition) is 3. The van der Waals surface area contributed by atoms with E-state index in [0.717, 1.165) is 0 Å². The van der Waals surface area contributed by atoms with Gasteiger partial charge < -0.3 is 15.7 Å². The van der Waals surface area contributed by atoms with E-state index in [9.17, 15) is 9.59 Å². The molecule has 5 nitrogen and oxygen atoms in total. The molecule has 1 unspecified atom stereocenters. The topological polar surface area (TPSA) is 78.4 Å². The summed E-state index contributed by atoms with van der Waals surface area (Å²) in [5.41, 5.74) is 0. The summed E-state index contributed by atoms with van der Waals surface area (Å²) in [6, 6.07) is 0. The predicted octanol–water partition coefficient (Wildman–Crippen LogP) is -0.321. The molecule has 0 aliphatic rings. The molecule has 0 spiro atoms. The van der Waals surface area contributed by atoms with Crippen molar-refractivity contribution in [2.45, 2.75) is 13.8 Å². The molecule has 0 aromatic rings. The van der Waals surface area contributed by atoms with Gasteiger partial charge in [0, 0.05) is 6.54 Å². The Hall–Kier alpha value is -1.10. The molecule has 0 saturated heterocycles. The van der Waals surface area contributed by atoms with Crippen LogP contribution in [-0.4, -0.2) is 37.1 Å². The number of hydrogen-bond acceptors (Lipinski definition) is 3. The van der Waals surface area contributed by atoms with E-state index in [2.05, 4.69) is 10.6 Å². The van der Waals surface area contributed by atoms with Crippen LogP contribution in [0.25, 0.3) is 0 Å². The van der Waals surface area contributed by atoms with Gasteiger partial charge in [-0.2, -0.15) is 0 Å². The van der Waals surface area contributed by atoms with Crippen molar-refractivity contribution >= 4 is 11.9 Å². The van der Waals surface area contributed by atoms with E-state index >= 15 is 0 Å². The average molecular weight is 202 g/mol. The zero-order valence-corrected chi connectivity index (χ0v) is 8.83. The van der Waals surface area contributed by atoms with Gasteiger partial charge in [-0.05, 0) is 13.0 Å². The Labute approximate surface area is 83.9 Å². The van der Waals surface area contributed by atoms with Crippen molar-refractivity contribution in [3.63, 3.8) is 0 Å². The molecule has 0 aliphatic heterocycles. The Morgan fingerprint density at radius 1 is 1.36 bits per heavy atom. The summed E-state index contributed by atoms with van der Waals surface area (Å²) in [6.07, 6.45) is 0. The first-order chi connectivity index (χ1) is 6.49. The molecule has 0 bridgehead atoms. The number of carbonyl (C=O) groups is 2. The molecule has 5 heteroatoms. The van der Waals surface area contributed by atoms with Crippen LogP contribution in [0.2, 0.25) is 0 Å². The van der Waals surface area contributed by atoms with Gasteiger partial charge in [-0.15, -0.1) is 0 Å². The van der Waals surface area contributed by atoms with Gasteiger partial charge in [0.05, 0.1) is 12.5 Å². The molecule has 3 N–H and O–H groups in total. The van der Waals surface area contributed by atoms with Crippen molar-refractivity contribution in [2.24, 2.45) is 11.8 Å². The van der Waals surface area contributed by atoms with Crippen LogP contribution >= 0.6 is 0 Å². The standard InChI is InChI=1S/C9H18N2O3/c1-6(2)7(9(13)14)4-11-8(12)5-10-3/h6-7,10H,4-5H2,1-3H3,(H,11,12)(H,13,14). The molecule has 82 valence electrons. The lowest BCUT2D eigenvalue weighted by molar-refractivity contribution is -0.143. The number of carboxylic acid groups (broad SMARTS) is 1. The number of aliphatic carboxylic acids is 1. The van der Waals surface area contributed by atoms with Gasteiger partial charge in [0.25, 0.3) is 0 Å². The molecular formula is C9H18N2O3. The average Bonchev–Trinajstić information content (AvgIpc) is 2.03. The fraction of sp³-hybridized carbons (Fsp3) is 0.778. The largest absolute Gasteiger partial charge is 0.481 e. The highest BCUT2D eigenvalue weighted by Gasteiger charge is 2.21. The predicted molar refractivity (Wildman–Crippen MR) is 52.9 cm³/mol. The van der Waals surface area contributed by atoms with Crippen molar-refractivity contribution in [3.05, 3.63) is 0 Å². The Bertz CT molecular complexity index is 204. The van der Waals surface area contributed by atoms with Crippen molar-refractivity contribution in [1.29, 1.82) is 0 Å². The van der Waals surface area contributed by atoms with Crippen molar-refractivity contribution in [2.75, 3.05) is 20.1 Å². The summed E-state index contributed by atoms with van der Waals surface area (Å²) in [5.74, 6) is -1.55. The maximum Gasteiger partial charge on any atom is 0.308 e. The third kappa shape index (κ3) is 4.81. The Balaban J connectivity index is 3.94. The Morgan fingerprint density at radius 2 is 1.93 bits per heavy atom. The van der Waals surface area contributed by atoms with Crippen LogP contribution in [-0.2, 0) is 9.59 Å². The van der Waals surface area contributed by atoms with Crippen LogP contribution in [0.1, 0.15) is 13.8 Å². The zero-order chi connectivity index (χ0) is 11.1. The van der Waals surface area contributed by atoms with Gasteiger partial charge in [0.2, 0.25) is 5.91 Å². The second-order valence-corrected chi connectivity index (χ2v) is 3.52. The smallest absolute Gasteiger partial charge is 0.308 e. The van der Waals surface area contributed by atoms with Crippen LogP contribution in [0.15, 0.2) is 0 Å². The van der Waals surface area contributed by atoms with Crippen LogP contribution in [0.4, 0.5) is 0 Å². The molecule has 0 rings (SSSR count). The van der Waals surface area contributed by atoms with Gasteiger partial charge in [0.15, 0.2) is 0 Å². The molecule has 1 atom stereocenters. The van der Waals surface area contributed by atoms with Gasteiger partial charge in [-0.3, -0.25) is 9.59 Å². The summed E-state index contributed by atoms with van der Waals surface area (Å²) in [6.45, 7) is 4.05. The lowest BCUT2D eigenvalue weighted by Crippen LogP contribution is -2.39. The van der Waals surface area contributed by atoms with E-state index < -0.39 is 11.9 Å². The number of amides is 1. The molecule has 0 radical (unpaired) electrons. The SMILES string of the molecule is CNCC(=O)NCC(C(=O)O)C(C)C. The fourth-order valence-corrected chi connectivity index (χ4v) is 1.06. The summed E-state index contributed by atoms with van der Waals surface area (Å²) < 4.78 is 0. The molecule has 0 aromatic carbocycles. The minimum atomic E-state index is -0.871. The van der Waals surface area contributed by atoms with Crippen molar-refractivity contribution in [3.8, 4) is 0 Å². The highest BCUT2D eigenvalue weighted by Crippen LogP contribution is 2.09. The van der Waals surface area contributed by atoms with Gasteiger partial charge >= 0.3 is 5.97 Å². The maximum atomic E-state index is 11.0. The van der Waals surface area contributed by atoms with E-state index in [0.29, 0.717) is 0 Å². The van der Waals surface area contributed by atoms with E-state index in [4.69, 9.17) is 5.11 Å². The summed E-state index contributed by atoms with van der Waals surface area (Å²) >= 11 is 0. The third-order valence-electron chi connectivity index (χ3n) is 1.98. The van der Waals surface area contributed by atoms with Crippen LogP contribution in [0.5, 0.6) is 0 Å². The first kappa shape index (κ1) is 12.9. The second kappa shape index (κ2) is 6.37. The van der Waals surface area contributed by atoms with E-state index in [1.807, 2.05) is 13.8 Å². The Kier molecular flexibility index (Phi) is 5.87. The first-order valence-corrected chi connectivity index (χ1v) is 4.63. The molecule has 0 fully saturated rings. The lowest BCUT2D eigenvalue weighted by Gasteiger charge is -2.16. The lowest BCUT2D eigenvalue weighted by atomic mass is 9.96.